The Morgan fingerprint density at radius 2 is 2.04 bits per heavy atom. The molecule has 1 aromatic rings. The standard InChI is InChI=1S/C20H30N2O/c1-4-12-22(13-5-2)20(23)19(15-18-10-7-11-21-18)17-9-6-8-16(3)14-17/h6,8-9,14-15,18,21H,4-5,7,10-13H2,1-3H3/b19-15-. The number of aryl methyl sites for hydroxylation is 1. The van der Waals surface area contributed by atoms with Gasteiger partial charge in [0.2, 0.25) is 0 Å². The molecule has 1 N–H and O–H groups in total. The van der Waals surface area contributed by atoms with E-state index in [1.54, 1.807) is 0 Å². The predicted molar refractivity (Wildman–Crippen MR) is 97.3 cm³/mol. The highest BCUT2D eigenvalue weighted by Crippen LogP contribution is 2.22. The smallest absolute Gasteiger partial charge is 0.254 e. The van der Waals surface area contributed by atoms with E-state index in [1.807, 2.05) is 11.0 Å². The third-order valence-electron chi connectivity index (χ3n) is 4.30. The lowest BCUT2D eigenvalue weighted by atomic mass is 9.99. The molecule has 1 unspecified atom stereocenters. The number of hydrogen-bond acceptors (Lipinski definition) is 2. The van der Waals surface area contributed by atoms with E-state index in [0.29, 0.717) is 6.04 Å². The van der Waals surface area contributed by atoms with Gasteiger partial charge < -0.3 is 10.2 Å². The zero-order valence-electron chi connectivity index (χ0n) is 14.8. The summed E-state index contributed by atoms with van der Waals surface area (Å²) in [5, 5.41) is 3.48. The van der Waals surface area contributed by atoms with Crippen molar-refractivity contribution < 1.29 is 4.79 Å². The SMILES string of the molecule is CCCN(CCC)C(=O)/C(=C\C1CCCN1)c1cccc(C)c1. The fourth-order valence-corrected chi connectivity index (χ4v) is 3.18. The van der Waals surface area contributed by atoms with Crippen molar-refractivity contribution in [2.45, 2.75) is 52.5 Å². The van der Waals surface area contributed by atoms with Crippen molar-refractivity contribution in [2.75, 3.05) is 19.6 Å². The molecule has 0 saturated carbocycles. The summed E-state index contributed by atoms with van der Waals surface area (Å²) in [5.74, 6) is 0.174. The van der Waals surface area contributed by atoms with Gasteiger partial charge in [0.25, 0.3) is 5.91 Å². The Hall–Kier alpha value is -1.61. The summed E-state index contributed by atoms with van der Waals surface area (Å²) in [6, 6.07) is 8.61. The summed E-state index contributed by atoms with van der Waals surface area (Å²) in [6.45, 7) is 9.04. The molecule has 0 spiro atoms. The number of benzene rings is 1. The minimum Gasteiger partial charge on any atom is -0.339 e. The molecule has 1 aromatic carbocycles. The lowest BCUT2D eigenvalue weighted by Gasteiger charge is -2.24. The summed E-state index contributed by atoms with van der Waals surface area (Å²) < 4.78 is 0. The van der Waals surface area contributed by atoms with E-state index < -0.39 is 0 Å². The second kappa shape index (κ2) is 8.88. The van der Waals surface area contributed by atoms with Crippen molar-refractivity contribution >= 4 is 11.5 Å². The molecule has 1 saturated heterocycles. The first-order valence-corrected chi connectivity index (χ1v) is 8.97. The monoisotopic (exact) mass is 314 g/mol. The van der Waals surface area contributed by atoms with Gasteiger partial charge in [-0.25, -0.2) is 0 Å². The molecule has 1 atom stereocenters. The average molecular weight is 314 g/mol. The first-order chi connectivity index (χ1) is 11.2. The second-order valence-electron chi connectivity index (χ2n) is 6.44. The van der Waals surface area contributed by atoms with Crippen molar-refractivity contribution in [1.29, 1.82) is 0 Å². The number of amides is 1. The first kappa shape index (κ1) is 17.7. The molecule has 1 fully saturated rings. The van der Waals surface area contributed by atoms with Crippen LogP contribution in [0.15, 0.2) is 30.3 Å². The summed E-state index contributed by atoms with van der Waals surface area (Å²) in [5.41, 5.74) is 3.09. The van der Waals surface area contributed by atoms with Crippen molar-refractivity contribution in [3.63, 3.8) is 0 Å². The van der Waals surface area contributed by atoms with Crippen LogP contribution >= 0.6 is 0 Å². The first-order valence-electron chi connectivity index (χ1n) is 8.97. The summed E-state index contributed by atoms with van der Waals surface area (Å²) in [7, 11) is 0. The summed E-state index contributed by atoms with van der Waals surface area (Å²) in [6.07, 6.45) is 6.44. The van der Waals surface area contributed by atoms with Crippen LogP contribution in [0, 0.1) is 6.92 Å². The number of carbonyl (C=O) groups excluding carboxylic acids is 1. The van der Waals surface area contributed by atoms with E-state index in [9.17, 15) is 4.79 Å². The van der Waals surface area contributed by atoms with Gasteiger partial charge in [-0.15, -0.1) is 0 Å². The minimum absolute atomic E-state index is 0.174. The highest BCUT2D eigenvalue weighted by molar-refractivity contribution is 6.19. The lowest BCUT2D eigenvalue weighted by molar-refractivity contribution is -0.125. The van der Waals surface area contributed by atoms with Crippen LogP contribution in [0.1, 0.15) is 50.7 Å². The van der Waals surface area contributed by atoms with Gasteiger partial charge in [-0.05, 0) is 44.7 Å². The van der Waals surface area contributed by atoms with Crippen LogP contribution in [-0.2, 0) is 4.79 Å². The van der Waals surface area contributed by atoms with Crippen LogP contribution < -0.4 is 5.32 Å². The zero-order valence-corrected chi connectivity index (χ0v) is 14.8. The van der Waals surface area contributed by atoms with Crippen LogP contribution in [0.25, 0.3) is 5.57 Å². The number of carbonyl (C=O) groups is 1. The normalized spacial score (nSPS) is 18.2. The molecule has 2 rings (SSSR count). The zero-order chi connectivity index (χ0) is 16.7. The molecule has 1 aliphatic heterocycles. The Kier molecular flexibility index (Phi) is 6.85. The van der Waals surface area contributed by atoms with E-state index in [1.165, 1.54) is 12.0 Å². The molecule has 1 amide bonds. The maximum absolute atomic E-state index is 13.2. The summed E-state index contributed by atoms with van der Waals surface area (Å²) >= 11 is 0. The van der Waals surface area contributed by atoms with E-state index in [0.717, 1.165) is 50.0 Å². The molecule has 0 bridgehead atoms. The molecule has 1 aliphatic rings. The van der Waals surface area contributed by atoms with Crippen molar-refractivity contribution in [1.82, 2.24) is 10.2 Å². The van der Waals surface area contributed by atoms with Crippen molar-refractivity contribution in [3.05, 3.63) is 41.5 Å². The van der Waals surface area contributed by atoms with Gasteiger partial charge in [0.1, 0.15) is 0 Å². The third kappa shape index (κ3) is 4.93. The van der Waals surface area contributed by atoms with E-state index in [4.69, 9.17) is 0 Å². The Bertz CT molecular complexity index is 538. The molecule has 0 aliphatic carbocycles. The van der Waals surface area contributed by atoms with Crippen LogP contribution in [0.3, 0.4) is 0 Å². The maximum atomic E-state index is 13.2. The number of rotatable bonds is 7. The number of nitrogens with zero attached hydrogens (tertiary/aromatic N) is 1. The van der Waals surface area contributed by atoms with Crippen molar-refractivity contribution in [2.24, 2.45) is 0 Å². The van der Waals surface area contributed by atoms with Gasteiger partial charge in [0, 0.05) is 24.7 Å². The van der Waals surface area contributed by atoms with Crippen LogP contribution in [0.5, 0.6) is 0 Å². The molecule has 3 nitrogen and oxygen atoms in total. The van der Waals surface area contributed by atoms with Gasteiger partial charge in [-0.3, -0.25) is 4.79 Å². The third-order valence-corrected chi connectivity index (χ3v) is 4.30. The molecular formula is C20H30N2O. The maximum Gasteiger partial charge on any atom is 0.254 e. The van der Waals surface area contributed by atoms with Crippen molar-refractivity contribution in [3.8, 4) is 0 Å². The molecule has 1 heterocycles. The molecule has 126 valence electrons. The van der Waals surface area contributed by atoms with Gasteiger partial charge in [0.05, 0.1) is 0 Å². The van der Waals surface area contributed by atoms with Crippen LogP contribution in [-0.4, -0.2) is 36.5 Å². The van der Waals surface area contributed by atoms with Gasteiger partial charge >= 0.3 is 0 Å². The van der Waals surface area contributed by atoms with Crippen LogP contribution in [0.4, 0.5) is 0 Å². The van der Waals surface area contributed by atoms with Gasteiger partial charge in [0.15, 0.2) is 0 Å². The van der Waals surface area contributed by atoms with E-state index in [-0.39, 0.29) is 5.91 Å². The van der Waals surface area contributed by atoms with E-state index in [2.05, 4.69) is 50.4 Å². The quantitative estimate of drug-likeness (QED) is 0.777. The Balaban J connectivity index is 2.33. The largest absolute Gasteiger partial charge is 0.339 e. The second-order valence-corrected chi connectivity index (χ2v) is 6.44. The van der Waals surface area contributed by atoms with Gasteiger partial charge in [-0.2, -0.15) is 0 Å². The Labute approximate surface area is 140 Å². The fraction of sp³-hybridized carbons (Fsp3) is 0.550. The number of nitrogens with one attached hydrogen (secondary N) is 1. The number of hydrogen-bond donors (Lipinski definition) is 1. The average Bonchev–Trinajstić information content (AvgIpc) is 3.05. The molecule has 0 aromatic heterocycles. The van der Waals surface area contributed by atoms with Crippen LogP contribution in [0.2, 0.25) is 0 Å². The summed E-state index contributed by atoms with van der Waals surface area (Å²) in [4.78, 5) is 15.2. The highest BCUT2D eigenvalue weighted by atomic mass is 16.2. The highest BCUT2D eigenvalue weighted by Gasteiger charge is 2.21. The lowest BCUT2D eigenvalue weighted by Crippen LogP contribution is -2.34. The fourth-order valence-electron chi connectivity index (χ4n) is 3.18. The Morgan fingerprint density at radius 3 is 2.61 bits per heavy atom. The topological polar surface area (TPSA) is 32.3 Å². The van der Waals surface area contributed by atoms with Gasteiger partial charge in [-0.1, -0.05) is 49.8 Å². The van der Waals surface area contributed by atoms with E-state index >= 15 is 0 Å². The predicted octanol–water partition coefficient (Wildman–Crippen LogP) is 3.78. The minimum atomic E-state index is 0.174. The Morgan fingerprint density at radius 1 is 1.30 bits per heavy atom. The molecule has 23 heavy (non-hydrogen) atoms. The molecule has 3 heteroatoms. The molecular weight excluding hydrogens is 284 g/mol. The molecule has 0 radical (unpaired) electrons.